The summed E-state index contributed by atoms with van der Waals surface area (Å²) < 4.78 is 11.2. The molecule has 1 saturated heterocycles. The lowest BCUT2D eigenvalue weighted by atomic mass is 10.0. The molecular formula is C22H27NO3. The molecule has 1 unspecified atom stereocenters. The predicted octanol–water partition coefficient (Wildman–Crippen LogP) is 4.44. The van der Waals surface area contributed by atoms with Crippen molar-refractivity contribution >= 4 is 5.91 Å². The Bertz CT molecular complexity index is 754. The van der Waals surface area contributed by atoms with Gasteiger partial charge in [0, 0.05) is 6.54 Å². The minimum absolute atomic E-state index is 0.0413. The SMILES string of the molecule is CCOc1ccc(C2CCCN2C(=O)COc2ccc(C)c(C)c2)cc1. The zero-order chi connectivity index (χ0) is 18.5. The number of carbonyl (C=O) groups is 1. The molecule has 0 bridgehead atoms. The van der Waals surface area contributed by atoms with E-state index in [1.807, 2.05) is 49.1 Å². The Kier molecular flexibility index (Phi) is 5.82. The van der Waals surface area contributed by atoms with E-state index in [0.717, 1.165) is 36.4 Å². The van der Waals surface area contributed by atoms with Gasteiger partial charge in [-0.15, -0.1) is 0 Å². The van der Waals surface area contributed by atoms with Crippen molar-refractivity contribution in [1.82, 2.24) is 4.90 Å². The van der Waals surface area contributed by atoms with E-state index in [1.54, 1.807) is 0 Å². The number of carbonyl (C=O) groups excluding carboxylic acids is 1. The van der Waals surface area contributed by atoms with Crippen LogP contribution in [0.25, 0.3) is 0 Å². The summed E-state index contributed by atoms with van der Waals surface area (Å²) in [5, 5.41) is 0. The number of hydrogen-bond donors (Lipinski definition) is 0. The van der Waals surface area contributed by atoms with E-state index in [-0.39, 0.29) is 18.6 Å². The Labute approximate surface area is 155 Å². The van der Waals surface area contributed by atoms with Crippen molar-refractivity contribution in [3.05, 3.63) is 59.2 Å². The average molecular weight is 353 g/mol. The number of rotatable bonds is 6. The first-order valence-corrected chi connectivity index (χ1v) is 9.30. The van der Waals surface area contributed by atoms with Crippen LogP contribution in [0.15, 0.2) is 42.5 Å². The normalized spacial score (nSPS) is 16.6. The van der Waals surface area contributed by atoms with Gasteiger partial charge in [-0.1, -0.05) is 18.2 Å². The third-order valence-corrected chi connectivity index (χ3v) is 4.99. The summed E-state index contributed by atoms with van der Waals surface area (Å²) in [6.07, 6.45) is 2.01. The van der Waals surface area contributed by atoms with Gasteiger partial charge in [-0.2, -0.15) is 0 Å². The van der Waals surface area contributed by atoms with E-state index in [2.05, 4.69) is 19.1 Å². The molecule has 138 valence electrons. The molecule has 3 rings (SSSR count). The maximum absolute atomic E-state index is 12.7. The second-order valence-electron chi connectivity index (χ2n) is 6.78. The molecule has 0 radical (unpaired) electrons. The van der Waals surface area contributed by atoms with Gasteiger partial charge in [-0.25, -0.2) is 0 Å². The molecule has 1 heterocycles. The van der Waals surface area contributed by atoms with Crippen molar-refractivity contribution in [2.75, 3.05) is 19.8 Å². The smallest absolute Gasteiger partial charge is 0.261 e. The number of hydrogen-bond acceptors (Lipinski definition) is 3. The Morgan fingerprint density at radius 2 is 1.77 bits per heavy atom. The van der Waals surface area contributed by atoms with Gasteiger partial charge in [0.15, 0.2) is 6.61 Å². The monoisotopic (exact) mass is 353 g/mol. The number of aryl methyl sites for hydroxylation is 2. The van der Waals surface area contributed by atoms with Crippen LogP contribution >= 0.6 is 0 Å². The number of amides is 1. The van der Waals surface area contributed by atoms with Crippen LogP contribution in [0.5, 0.6) is 11.5 Å². The molecule has 0 N–H and O–H groups in total. The summed E-state index contributed by atoms with van der Waals surface area (Å²) in [6, 6.07) is 14.1. The van der Waals surface area contributed by atoms with Crippen LogP contribution in [0, 0.1) is 13.8 Å². The molecule has 4 nitrogen and oxygen atoms in total. The largest absolute Gasteiger partial charge is 0.494 e. The molecule has 2 aromatic rings. The third-order valence-electron chi connectivity index (χ3n) is 4.99. The van der Waals surface area contributed by atoms with Crippen LogP contribution in [0.4, 0.5) is 0 Å². The molecule has 1 aliphatic rings. The topological polar surface area (TPSA) is 38.8 Å². The lowest BCUT2D eigenvalue weighted by Gasteiger charge is -2.25. The minimum Gasteiger partial charge on any atom is -0.494 e. The fourth-order valence-corrected chi connectivity index (χ4v) is 3.40. The molecule has 0 aliphatic carbocycles. The molecule has 1 aliphatic heterocycles. The standard InChI is InChI=1S/C22H27NO3/c1-4-25-19-11-8-18(9-12-19)21-6-5-13-23(21)22(24)15-26-20-10-7-16(2)17(3)14-20/h7-12,14,21H,4-6,13,15H2,1-3H3. The van der Waals surface area contributed by atoms with Gasteiger partial charge in [0.2, 0.25) is 0 Å². The van der Waals surface area contributed by atoms with Crippen molar-refractivity contribution in [3.63, 3.8) is 0 Å². The van der Waals surface area contributed by atoms with Crippen LogP contribution in [-0.4, -0.2) is 30.6 Å². The second kappa shape index (κ2) is 8.26. The van der Waals surface area contributed by atoms with Gasteiger partial charge in [0.05, 0.1) is 12.6 Å². The zero-order valence-corrected chi connectivity index (χ0v) is 15.8. The minimum atomic E-state index is 0.0413. The summed E-state index contributed by atoms with van der Waals surface area (Å²) >= 11 is 0. The highest BCUT2D eigenvalue weighted by atomic mass is 16.5. The van der Waals surface area contributed by atoms with Crippen molar-refractivity contribution in [1.29, 1.82) is 0 Å². The van der Waals surface area contributed by atoms with Gasteiger partial charge < -0.3 is 14.4 Å². The summed E-state index contributed by atoms with van der Waals surface area (Å²) in [5.74, 6) is 1.66. The zero-order valence-electron chi connectivity index (χ0n) is 15.8. The van der Waals surface area contributed by atoms with Crippen molar-refractivity contribution in [3.8, 4) is 11.5 Å². The molecule has 1 amide bonds. The van der Waals surface area contributed by atoms with Crippen LogP contribution in [0.1, 0.15) is 42.5 Å². The van der Waals surface area contributed by atoms with Crippen LogP contribution in [0.3, 0.4) is 0 Å². The van der Waals surface area contributed by atoms with E-state index in [9.17, 15) is 4.79 Å². The summed E-state index contributed by atoms with van der Waals surface area (Å²) in [5.41, 5.74) is 3.55. The molecule has 0 aromatic heterocycles. The molecular weight excluding hydrogens is 326 g/mol. The summed E-state index contributed by atoms with van der Waals surface area (Å²) in [6.45, 7) is 7.61. The molecule has 1 fully saturated rings. The molecule has 0 spiro atoms. The van der Waals surface area contributed by atoms with Crippen molar-refractivity contribution < 1.29 is 14.3 Å². The first-order valence-electron chi connectivity index (χ1n) is 9.30. The first kappa shape index (κ1) is 18.3. The molecule has 26 heavy (non-hydrogen) atoms. The number of benzene rings is 2. The Morgan fingerprint density at radius 3 is 2.46 bits per heavy atom. The Hall–Kier alpha value is -2.49. The van der Waals surface area contributed by atoms with Crippen LogP contribution in [-0.2, 0) is 4.79 Å². The summed E-state index contributed by atoms with van der Waals surface area (Å²) in [4.78, 5) is 14.6. The third kappa shape index (κ3) is 4.18. The molecule has 4 heteroatoms. The van der Waals surface area contributed by atoms with Crippen molar-refractivity contribution in [2.45, 2.75) is 39.7 Å². The highest BCUT2D eigenvalue weighted by Gasteiger charge is 2.30. The predicted molar refractivity (Wildman–Crippen MR) is 103 cm³/mol. The maximum atomic E-state index is 12.7. The van der Waals surface area contributed by atoms with Crippen LogP contribution < -0.4 is 9.47 Å². The number of nitrogens with zero attached hydrogens (tertiary/aromatic N) is 1. The van der Waals surface area contributed by atoms with Gasteiger partial charge in [-0.3, -0.25) is 4.79 Å². The fraction of sp³-hybridized carbons (Fsp3) is 0.409. The first-order chi connectivity index (χ1) is 12.6. The highest BCUT2D eigenvalue weighted by molar-refractivity contribution is 5.78. The molecule has 2 aromatic carbocycles. The maximum Gasteiger partial charge on any atom is 0.261 e. The Morgan fingerprint density at radius 1 is 1.04 bits per heavy atom. The number of ether oxygens (including phenoxy) is 2. The highest BCUT2D eigenvalue weighted by Crippen LogP contribution is 2.33. The lowest BCUT2D eigenvalue weighted by molar-refractivity contribution is -0.134. The van der Waals surface area contributed by atoms with E-state index >= 15 is 0 Å². The summed E-state index contributed by atoms with van der Waals surface area (Å²) in [7, 11) is 0. The van der Waals surface area contributed by atoms with Gasteiger partial charge in [-0.05, 0) is 74.6 Å². The average Bonchev–Trinajstić information content (AvgIpc) is 3.13. The van der Waals surface area contributed by atoms with E-state index < -0.39 is 0 Å². The molecule has 1 atom stereocenters. The van der Waals surface area contributed by atoms with Crippen LogP contribution in [0.2, 0.25) is 0 Å². The Balaban J connectivity index is 1.63. The quantitative estimate of drug-likeness (QED) is 0.770. The van der Waals surface area contributed by atoms with Gasteiger partial charge >= 0.3 is 0 Å². The van der Waals surface area contributed by atoms with Gasteiger partial charge in [0.1, 0.15) is 11.5 Å². The number of likely N-dealkylation sites (tertiary alicyclic amines) is 1. The second-order valence-corrected chi connectivity index (χ2v) is 6.78. The lowest BCUT2D eigenvalue weighted by Crippen LogP contribution is -2.34. The van der Waals surface area contributed by atoms with E-state index in [0.29, 0.717) is 6.61 Å². The van der Waals surface area contributed by atoms with Crippen molar-refractivity contribution in [2.24, 2.45) is 0 Å². The van der Waals surface area contributed by atoms with E-state index in [1.165, 1.54) is 11.1 Å². The molecule has 0 saturated carbocycles. The van der Waals surface area contributed by atoms with E-state index in [4.69, 9.17) is 9.47 Å². The fourth-order valence-electron chi connectivity index (χ4n) is 3.40. The van der Waals surface area contributed by atoms with Gasteiger partial charge in [0.25, 0.3) is 5.91 Å².